The zero-order chi connectivity index (χ0) is 16.5. The largest absolute Gasteiger partial charge is 0.480 e. The first-order valence-corrected chi connectivity index (χ1v) is 7.54. The van der Waals surface area contributed by atoms with Gasteiger partial charge in [-0.25, -0.2) is 9.59 Å². The minimum absolute atomic E-state index is 0.0974. The molecule has 0 saturated carbocycles. The molecule has 122 valence electrons. The van der Waals surface area contributed by atoms with Gasteiger partial charge in [-0.3, -0.25) is 0 Å². The van der Waals surface area contributed by atoms with Crippen LogP contribution in [-0.4, -0.2) is 28.8 Å². The predicted octanol–water partition coefficient (Wildman–Crippen LogP) is 3.74. The number of carbonyl (C=O) groups excluding carboxylic acids is 1. The molecule has 5 nitrogen and oxygen atoms in total. The van der Waals surface area contributed by atoms with Gasteiger partial charge in [-0.15, -0.1) is 6.58 Å². The molecule has 0 rings (SSSR count). The third-order valence-electron chi connectivity index (χ3n) is 3.17. The van der Waals surface area contributed by atoms with E-state index in [1.165, 1.54) is 0 Å². The predicted molar refractivity (Wildman–Crippen MR) is 83.2 cm³/mol. The van der Waals surface area contributed by atoms with Gasteiger partial charge < -0.3 is 15.2 Å². The van der Waals surface area contributed by atoms with E-state index in [0.717, 1.165) is 25.7 Å². The van der Waals surface area contributed by atoms with Gasteiger partial charge in [0, 0.05) is 0 Å². The zero-order valence-electron chi connectivity index (χ0n) is 13.6. The number of alkyl carbamates (subject to hydrolysis) is 1. The highest BCUT2D eigenvalue weighted by atomic mass is 16.6. The molecule has 2 atom stereocenters. The molecule has 0 spiro atoms. The van der Waals surface area contributed by atoms with Crippen molar-refractivity contribution >= 4 is 12.1 Å². The van der Waals surface area contributed by atoms with Crippen LogP contribution >= 0.6 is 0 Å². The molecular weight excluding hydrogens is 270 g/mol. The van der Waals surface area contributed by atoms with Gasteiger partial charge in [0.05, 0.1) is 0 Å². The molecule has 0 aromatic heterocycles. The number of hydrogen-bond acceptors (Lipinski definition) is 3. The highest BCUT2D eigenvalue weighted by molar-refractivity contribution is 5.80. The minimum Gasteiger partial charge on any atom is -0.480 e. The molecule has 0 aliphatic rings. The first-order chi connectivity index (χ1) is 9.71. The molecule has 0 aliphatic carbocycles. The summed E-state index contributed by atoms with van der Waals surface area (Å²) in [5.74, 6) is -1.11. The van der Waals surface area contributed by atoms with E-state index < -0.39 is 23.7 Å². The number of unbranched alkanes of at least 4 members (excludes halogenated alkanes) is 2. The fourth-order valence-electron chi connectivity index (χ4n) is 2.12. The second-order valence-electron chi connectivity index (χ2n) is 6.20. The van der Waals surface area contributed by atoms with Crippen LogP contribution in [0.4, 0.5) is 4.79 Å². The summed E-state index contributed by atoms with van der Waals surface area (Å²) in [6.07, 6.45) is 5.46. The fourth-order valence-corrected chi connectivity index (χ4v) is 2.12. The smallest absolute Gasteiger partial charge is 0.408 e. The lowest BCUT2D eigenvalue weighted by molar-refractivity contribution is -0.141. The Morgan fingerprint density at radius 2 is 1.95 bits per heavy atom. The first kappa shape index (κ1) is 19.5. The Bertz CT molecular complexity index is 347. The lowest BCUT2D eigenvalue weighted by atomic mass is 9.91. The molecule has 0 aromatic rings. The summed E-state index contributed by atoms with van der Waals surface area (Å²) in [6.45, 7) is 10.8. The number of ether oxygens (including phenoxy) is 1. The van der Waals surface area contributed by atoms with Crippen molar-refractivity contribution in [1.29, 1.82) is 0 Å². The Morgan fingerprint density at radius 1 is 1.33 bits per heavy atom. The Labute approximate surface area is 127 Å². The van der Waals surface area contributed by atoms with Crippen LogP contribution in [0.1, 0.15) is 59.8 Å². The Balaban J connectivity index is 4.58. The van der Waals surface area contributed by atoms with Gasteiger partial charge in [-0.05, 0) is 46.0 Å². The van der Waals surface area contributed by atoms with E-state index in [0.29, 0.717) is 6.42 Å². The second-order valence-corrected chi connectivity index (χ2v) is 6.20. The molecule has 0 heterocycles. The van der Waals surface area contributed by atoms with Crippen LogP contribution in [0, 0.1) is 5.92 Å². The van der Waals surface area contributed by atoms with E-state index in [-0.39, 0.29) is 5.92 Å². The van der Waals surface area contributed by atoms with E-state index in [1.54, 1.807) is 20.8 Å². The molecule has 21 heavy (non-hydrogen) atoms. The Hall–Kier alpha value is -1.52. The van der Waals surface area contributed by atoms with Crippen LogP contribution in [0.2, 0.25) is 0 Å². The van der Waals surface area contributed by atoms with E-state index in [9.17, 15) is 14.7 Å². The number of carbonyl (C=O) groups is 2. The molecule has 2 unspecified atom stereocenters. The summed E-state index contributed by atoms with van der Waals surface area (Å²) >= 11 is 0. The van der Waals surface area contributed by atoms with Gasteiger partial charge in [-0.2, -0.15) is 0 Å². The van der Waals surface area contributed by atoms with Crippen molar-refractivity contribution < 1.29 is 19.4 Å². The van der Waals surface area contributed by atoms with Crippen molar-refractivity contribution in [3.05, 3.63) is 12.7 Å². The number of amides is 1. The molecule has 5 heteroatoms. The maximum atomic E-state index is 11.8. The van der Waals surface area contributed by atoms with Crippen molar-refractivity contribution in [3.8, 4) is 0 Å². The van der Waals surface area contributed by atoms with Crippen molar-refractivity contribution in [2.45, 2.75) is 71.4 Å². The average Bonchev–Trinajstić information content (AvgIpc) is 2.34. The van der Waals surface area contributed by atoms with Crippen molar-refractivity contribution in [2.24, 2.45) is 5.92 Å². The lowest BCUT2D eigenvalue weighted by Crippen LogP contribution is -2.47. The number of carboxylic acids is 1. The number of allylic oxidation sites excluding steroid dienone is 1. The highest BCUT2D eigenvalue weighted by Gasteiger charge is 2.30. The van der Waals surface area contributed by atoms with Gasteiger partial charge in [0.15, 0.2) is 0 Å². The highest BCUT2D eigenvalue weighted by Crippen LogP contribution is 2.19. The summed E-state index contributed by atoms with van der Waals surface area (Å²) in [5, 5.41) is 11.8. The van der Waals surface area contributed by atoms with Crippen LogP contribution in [0.5, 0.6) is 0 Å². The van der Waals surface area contributed by atoms with Crippen LogP contribution in [0.25, 0.3) is 0 Å². The van der Waals surface area contributed by atoms with Crippen LogP contribution in [0.3, 0.4) is 0 Å². The average molecular weight is 299 g/mol. The summed E-state index contributed by atoms with van der Waals surface area (Å²) < 4.78 is 5.13. The molecule has 0 fully saturated rings. The van der Waals surface area contributed by atoms with Gasteiger partial charge >= 0.3 is 12.1 Å². The maximum Gasteiger partial charge on any atom is 0.408 e. The summed E-state index contributed by atoms with van der Waals surface area (Å²) in [5.41, 5.74) is -0.640. The second kappa shape index (κ2) is 9.42. The van der Waals surface area contributed by atoms with E-state index >= 15 is 0 Å². The minimum atomic E-state index is -1.02. The summed E-state index contributed by atoms with van der Waals surface area (Å²) in [7, 11) is 0. The molecule has 0 saturated heterocycles. The van der Waals surface area contributed by atoms with Gasteiger partial charge in [0.25, 0.3) is 0 Å². The Morgan fingerprint density at radius 3 is 2.38 bits per heavy atom. The number of carboxylic acid groups (broad SMARTS) is 1. The topological polar surface area (TPSA) is 75.6 Å². The van der Waals surface area contributed by atoms with Crippen LogP contribution in [0.15, 0.2) is 12.7 Å². The maximum absolute atomic E-state index is 11.8. The summed E-state index contributed by atoms with van der Waals surface area (Å²) in [6, 6.07) is -0.909. The van der Waals surface area contributed by atoms with Crippen molar-refractivity contribution in [2.75, 3.05) is 0 Å². The first-order valence-electron chi connectivity index (χ1n) is 7.54. The number of aliphatic carboxylic acids is 1. The van der Waals surface area contributed by atoms with E-state index in [2.05, 4.69) is 11.9 Å². The third kappa shape index (κ3) is 9.10. The quantitative estimate of drug-likeness (QED) is 0.502. The van der Waals surface area contributed by atoms with Crippen LogP contribution in [-0.2, 0) is 9.53 Å². The molecule has 0 aliphatic heterocycles. The number of hydrogen-bond donors (Lipinski definition) is 2. The van der Waals surface area contributed by atoms with Gasteiger partial charge in [0.2, 0.25) is 0 Å². The van der Waals surface area contributed by atoms with Gasteiger partial charge in [-0.1, -0.05) is 25.8 Å². The number of nitrogens with one attached hydrogen (secondary N) is 1. The van der Waals surface area contributed by atoms with E-state index in [1.807, 2.05) is 13.0 Å². The normalized spacial score (nSPS) is 14.1. The van der Waals surface area contributed by atoms with Crippen molar-refractivity contribution in [1.82, 2.24) is 5.32 Å². The fraction of sp³-hybridized carbons (Fsp3) is 0.750. The monoisotopic (exact) mass is 299 g/mol. The SMILES string of the molecule is C=CCCCCC(CC)C(NC(=O)OC(C)(C)C)C(=O)O. The molecule has 2 N–H and O–H groups in total. The Kier molecular flexibility index (Phi) is 8.74. The molecule has 0 aromatic carbocycles. The third-order valence-corrected chi connectivity index (χ3v) is 3.17. The van der Waals surface area contributed by atoms with Crippen molar-refractivity contribution in [3.63, 3.8) is 0 Å². The molecule has 1 amide bonds. The van der Waals surface area contributed by atoms with Gasteiger partial charge in [0.1, 0.15) is 11.6 Å². The standard InChI is InChI=1S/C16H29NO4/c1-6-8-9-10-11-12(7-2)13(14(18)19)17-15(20)21-16(3,4)5/h6,12-13H,1,7-11H2,2-5H3,(H,17,20)(H,18,19). The summed E-state index contributed by atoms with van der Waals surface area (Å²) in [4.78, 5) is 23.2. The number of rotatable bonds is 9. The lowest BCUT2D eigenvalue weighted by Gasteiger charge is -2.26. The molecule has 0 bridgehead atoms. The molecule has 0 radical (unpaired) electrons. The van der Waals surface area contributed by atoms with E-state index in [4.69, 9.17) is 4.74 Å². The molecular formula is C16H29NO4. The zero-order valence-corrected chi connectivity index (χ0v) is 13.6. The van der Waals surface area contributed by atoms with Crippen LogP contribution < -0.4 is 5.32 Å².